The summed E-state index contributed by atoms with van der Waals surface area (Å²) in [6, 6.07) is 9.40. The predicted molar refractivity (Wildman–Crippen MR) is 154 cm³/mol. The van der Waals surface area contributed by atoms with E-state index in [1.807, 2.05) is 0 Å². The van der Waals surface area contributed by atoms with Crippen LogP contribution in [0.15, 0.2) is 53.6 Å². The third-order valence-electron chi connectivity index (χ3n) is 7.16. The second-order valence-electron chi connectivity index (χ2n) is 10.1. The molecule has 0 saturated carbocycles. The Morgan fingerprint density at radius 2 is 1.71 bits per heavy atom. The van der Waals surface area contributed by atoms with E-state index in [2.05, 4.69) is 20.9 Å². The van der Waals surface area contributed by atoms with Crippen molar-refractivity contribution in [3.05, 3.63) is 59.8 Å². The number of rotatable bonds is 11. The molecular weight excluding hydrogens is 580 g/mol. The lowest BCUT2D eigenvalue weighted by Gasteiger charge is -2.32. The summed E-state index contributed by atoms with van der Waals surface area (Å²) < 4.78 is 79.8. The van der Waals surface area contributed by atoms with E-state index >= 15 is 0 Å². The van der Waals surface area contributed by atoms with Gasteiger partial charge in [-0.05, 0) is 62.2 Å². The van der Waals surface area contributed by atoms with E-state index in [0.29, 0.717) is 48.7 Å². The van der Waals surface area contributed by atoms with Gasteiger partial charge in [-0.1, -0.05) is 6.07 Å². The van der Waals surface area contributed by atoms with Gasteiger partial charge in [0.1, 0.15) is 0 Å². The largest absolute Gasteiger partial charge is 0.418 e. The maximum Gasteiger partial charge on any atom is 0.418 e. The summed E-state index contributed by atoms with van der Waals surface area (Å²) in [5.41, 5.74) is -0.887. The summed E-state index contributed by atoms with van der Waals surface area (Å²) in [6.07, 6.45) is -5.67. The summed E-state index contributed by atoms with van der Waals surface area (Å²) in [5, 5.41) is 9.28. The molecule has 228 valence electrons. The Bertz CT molecular complexity index is 1360. The number of nitrogens with one attached hydrogen (secondary N) is 3. The van der Waals surface area contributed by atoms with E-state index in [-0.39, 0.29) is 24.6 Å². The van der Waals surface area contributed by atoms with Crippen LogP contribution in [0.4, 0.5) is 37.7 Å². The van der Waals surface area contributed by atoms with Gasteiger partial charge in [0.25, 0.3) is 0 Å². The molecule has 0 bridgehead atoms. The van der Waals surface area contributed by atoms with Gasteiger partial charge in [-0.15, -0.1) is 11.8 Å². The topological polar surface area (TPSA) is 69.3 Å². The number of carbonyl (C=O) groups excluding carboxylic acids is 1. The molecule has 4 rings (SSSR count). The number of nitrogens with zero attached hydrogens (tertiary/aromatic N) is 2. The molecule has 0 radical (unpaired) electrons. The van der Waals surface area contributed by atoms with Crippen molar-refractivity contribution >= 4 is 39.9 Å². The zero-order valence-electron chi connectivity index (χ0n) is 23.0. The lowest BCUT2D eigenvalue weighted by Crippen LogP contribution is -2.39. The molecule has 0 unspecified atom stereocenters. The number of aromatic nitrogens is 1. The molecule has 1 aliphatic rings. The number of hydrogen-bond acceptors (Lipinski definition) is 6. The van der Waals surface area contributed by atoms with Gasteiger partial charge in [0.2, 0.25) is 5.91 Å². The maximum absolute atomic E-state index is 13.6. The Kier molecular flexibility index (Phi) is 10.5. The molecule has 13 heteroatoms. The molecule has 0 atom stereocenters. The molecule has 6 nitrogen and oxygen atoms in total. The number of piperidine rings is 1. The Labute approximate surface area is 244 Å². The van der Waals surface area contributed by atoms with Gasteiger partial charge in [0.15, 0.2) is 0 Å². The zero-order chi connectivity index (χ0) is 30.3. The van der Waals surface area contributed by atoms with Crippen LogP contribution >= 0.6 is 11.8 Å². The Balaban J connectivity index is 1.23. The number of carbonyl (C=O) groups is 1. The maximum atomic E-state index is 13.6. The lowest BCUT2D eigenvalue weighted by molar-refractivity contribution is -0.138. The van der Waals surface area contributed by atoms with Crippen LogP contribution in [-0.2, 0) is 17.1 Å². The highest BCUT2D eigenvalue weighted by Crippen LogP contribution is 2.37. The summed E-state index contributed by atoms with van der Waals surface area (Å²) in [5.74, 6) is 1.05. The monoisotopic (exact) mass is 613 g/mol. The van der Waals surface area contributed by atoms with Crippen LogP contribution < -0.4 is 16.0 Å². The summed E-state index contributed by atoms with van der Waals surface area (Å²) in [6.45, 7) is 2.25. The summed E-state index contributed by atoms with van der Waals surface area (Å²) >= 11 is 1.58. The van der Waals surface area contributed by atoms with Crippen molar-refractivity contribution in [1.29, 1.82) is 0 Å². The van der Waals surface area contributed by atoms with Crippen LogP contribution in [0.2, 0.25) is 0 Å². The number of hydrogen-bond donors (Lipinski definition) is 3. The first-order chi connectivity index (χ1) is 20.0. The van der Waals surface area contributed by atoms with Gasteiger partial charge in [-0.3, -0.25) is 9.78 Å². The van der Waals surface area contributed by atoms with Crippen molar-refractivity contribution in [1.82, 2.24) is 15.2 Å². The lowest BCUT2D eigenvalue weighted by atomic mass is 9.99. The van der Waals surface area contributed by atoms with E-state index in [0.717, 1.165) is 41.7 Å². The SMILES string of the molecule is CNCCNc1ccc(NCCC(=O)N2CCC(CSc3ccnc4cc(C(F)(F)F)ccc34)CC2)cc1C(F)(F)F. The molecule has 2 heterocycles. The zero-order valence-corrected chi connectivity index (χ0v) is 23.9. The smallest absolute Gasteiger partial charge is 0.385 e. The fourth-order valence-electron chi connectivity index (χ4n) is 4.82. The first-order valence-electron chi connectivity index (χ1n) is 13.7. The highest BCUT2D eigenvalue weighted by molar-refractivity contribution is 7.99. The highest BCUT2D eigenvalue weighted by Gasteiger charge is 2.34. The van der Waals surface area contributed by atoms with Crippen molar-refractivity contribution in [2.45, 2.75) is 36.5 Å². The van der Waals surface area contributed by atoms with Gasteiger partial charge in [-0.2, -0.15) is 26.3 Å². The van der Waals surface area contributed by atoms with E-state index in [1.165, 1.54) is 18.3 Å². The highest BCUT2D eigenvalue weighted by atomic mass is 32.2. The quantitative estimate of drug-likeness (QED) is 0.127. The van der Waals surface area contributed by atoms with Gasteiger partial charge in [0, 0.05) is 72.8 Å². The minimum absolute atomic E-state index is 0.00752. The molecular formula is C29H33F6N5OS. The molecule has 1 fully saturated rings. The van der Waals surface area contributed by atoms with Crippen molar-refractivity contribution in [2.75, 3.05) is 56.2 Å². The number of likely N-dealkylation sites (tertiary alicyclic amines) is 1. The molecule has 3 aromatic rings. The minimum atomic E-state index is -4.51. The Morgan fingerprint density at radius 3 is 2.40 bits per heavy atom. The molecule has 0 aliphatic carbocycles. The summed E-state index contributed by atoms with van der Waals surface area (Å²) in [7, 11) is 1.72. The molecule has 42 heavy (non-hydrogen) atoms. The second-order valence-corrected chi connectivity index (χ2v) is 11.2. The van der Waals surface area contributed by atoms with Crippen LogP contribution in [0.25, 0.3) is 10.9 Å². The van der Waals surface area contributed by atoms with Gasteiger partial charge in [0.05, 0.1) is 16.6 Å². The first kappa shape index (κ1) is 31.7. The average Bonchev–Trinajstić information content (AvgIpc) is 2.95. The Hall–Kier alpha value is -3.19. The van der Waals surface area contributed by atoms with Crippen LogP contribution in [0.1, 0.15) is 30.4 Å². The fourth-order valence-corrected chi connectivity index (χ4v) is 6.05. The number of anilines is 2. The van der Waals surface area contributed by atoms with Crippen molar-refractivity contribution < 1.29 is 31.1 Å². The summed E-state index contributed by atoms with van der Waals surface area (Å²) in [4.78, 5) is 19.5. The van der Waals surface area contributed by atoms with Crippen LogP contribution in [-0.4, -0.2) is 61.3 Å². The van der Waals surface area contributed by atoms with Crippen molar-refractivity contribution in [2.24, 2.45) is 5.92 Å². The number of likely N-dealkylation sites (N-methyl/N-ethyl adjacent to an activating group) is 1. The van der Waals surface area contributed by atoms with E-state index in [4.69, 9.17) is 0 Å². The molecule has 1 aromatic heterocycles. The van der Waals surface area contributed by atoms with E-state index < -0.39 is 23.5 Å². The number of amides is 1. The number of thioether (sulfide) groups is 1. The van der Waals surface area contributed by atoms with Gasteiger partial charge < -0.3 is 20.9 Å². The predicted octanol–water partition coefficient (Wildman–Crippen LogP) is 6.74. The fraction of sp³-hybridized carbons (Fsp3) is 0.448. The minimum Gasteiger partial charge on any atom is -0.385 e. The normalized spacial score (nSPS) is 14.8. The third kappa shape index (κ3) is 8.43. The van der Waals surface area contributed by atoms with Crippen molar-refractivity contribution in [3.8, 4) is 0 Å². The molecule has 1 saturated heterocycles. The molecule has 3 N–H and O–H groups in total. The number of halogens is 6. The number of benzene rings is 2. The number of pyridine rings is 1. The first-order valence-corrected chi connectivity index (χ1v) is 14.6. The van der Waals surface area contributed by atoms with Crippen LogP contribution in [0.5, 0.6) is 0 Å². The second kappa shape index (κ2) is 13.9. The van der Waals surface area contributed by atoms with Gasteiger partial charge >= 0.3 is 12.4 Å². The van der Waals surface area contributed by atoms with E-state index in [1.54, 1.807) is 35.8 Å². The molecule has 1 aliphatic heterocycles. The molecule has 1 amide bonds. The standard InChI is InChI=1S/C29H33F6N5OS/c1-36-12-13-39-24-5-3-21(17-23(24)29(33,34)35)37-11-7-27(41)40-14-8-19(9-15-40)18-42-26-6-10-38-25-16-20(28(30,31)32)2-4-22(25)26/h2-6,10,16-17,19,36-37,39H,7-9,11-15,18H2,1H3. The van der Waals surface area contributed by atoms with Crippen LogP contribution in [0.3, 0.4) is 0 Å². The number of alkyl halides is 6. The van der Waals surface area contributed by atoms with E-state index in [9.17, 15) is 31.1 Å². The Morgan fingerprint density at radius 1 is 0.952 bits per heavy atom. The average molecular weight is 614 g/mol. The van der Waals surface area contributed by atoms with Gasteiger partial charge in [-0.25, -0.2) is 0 Å². The third-order valence-corrected chi connectivity index (χ3v) is 8.46. The molecule has 0 spiro atoms. The molecule has 2 aromatic carbocycles. The van der Waals surface area contributed by atoms with Crippen molar-refractivity contribution in [3.63, 3.8) is 0 Å². The number of fused-ring (bicyclic) bond motifs is 1. The van der Waals surface area contributed by atoms with Crippen LogP contribution in [0, 0.1) is 5.92 Å².